The summed E-state index contributed by atoms with van der Waals surface area (Å²) in [6.45, 7) is 1.84. The molecule has 1 aliphatic rings. The van der Waals surface area contributed by atoms with Gasteiger partial charge in [0.2, 0.25) is 5.91 Å². The van der Waals surface area contributed by atoms with Gasteiger partial charge in [0, 0.05) is 42.4 Å². The molecule has 7 nitrogen and oxygen atoms in total. The minimum absolute atomic E-state index is 0.0947. The van der Waals surface area contributed by atoms with Crippen molar-refractivity contribution in [1.29, 1.82) is 0 Å². The third-order valence-corrected chi connectivity index (χ3v) is 3.67. The van der Waals surface area contributed by atoms with Crippen molar-refractivity contribution in [2.75, 3.05) is 42.1 Å². The molecule has 1 amide bonds. The maximum atomic E-state index is 11.7. The van der Waals surface area contributed by atoms with Gasteiger partial charge in [0.25, 0.3) is 0 Å². The molecule has 1 rings (SSSR count). The molecule has 0 N–H and O–H groups in total. The molecular weight excluding hydrogens is 266 g/mol. The number of rotatable bonds is 6. The van der Waals surface area contributed by atoms with E-state index >= 15 is 0 Å². The van der Waals surface area contributed by atoms with Gasteiger partial charge in [0.1, 0.15) is 24.4 Å². The first-order valence-electron chi connectivity index (χ1n) is 6.47. The monoisotopic (exact) mass is 291 g/mol. The molecule has 0 bridgehead atoms. The number of methoxy groups -OCH3 is 4. The predicted octanol–water partition coefficient (Wildman–Crippen LogP) is -0.119. The number of likely N-dealkylation sites (N-methyl/N-ethyl adjacent to an activating group) is 1. The Morgan fingerprint density at radius 1 is 1.10 bits per heavy atom. The minimum atomic E-state index is -0.597. The molecule has 0 unspecified atom stereocenters. The van der Waals surface area contributed by atoms with Gasteiger partial charge in [-0.2, -0.15) is 0 Å². The third-order valence-electron chi connectivity index (χ3n) is 3.67. The van der Waals surface area contributed by atoms with Gasteiger partial charge in [-0.25, -0.2) is 0 Å². The van der Waals surface area contributed by atoms with Crippen LogP contribution in [0.1, 0.15) is 6.92 Å². The van der Waals surface area contributed by atoms with Gasteiger partial charge < -0.3 is 28.6 Å². The van der Waals surface area contributed by atoms with Gasteiger partial charge in [0.05, 0.1) is 6.61 Å². The Kier molecular flexibility index (Phi) is 6.84. The quantitative estimate of drug-likeness (QED) is 0.680. The Labute approximate surface area is 120 Å². The molecule has 0 saturated carbocycles. The Hall–Kier alpha value is -0.730. The molecule has 7 heteroatoms. The number of ether oxygens (including phenoxy) is 5. The highest BCUT2D eigenvalue weighted by Crippen LogP contribution is 2.28. The third kappa shape index (κ3) is 3.48. The van der Waals surface area contributed by atoms with Crippen LogP contribution in [0.5, 0.6) is 0 Å². The van der Waals surface area contributed by atoms with Gasteiger partial charge in [-0.15, -0.1) is 0 Å². The van der Waals surface area contributed by atoms with Crippen molar-refractivity contribution in [3.05, 3.63) is 0 Å². The van der Waals surface area contributed by atoms with Crippen LogP contribution in [0, 0.1) is 0 Å². The van der Waals surface area contributed by atoms with Gasteiger partial charge in [-0.1, -0.05) is 0 Å². The Morgan fingerprint density at radius 2 is 1.70 bits per heavy atom. The maximum Gasteiger partial charge on any atom is 0.219 e. The molecule has 20 heavy (non-hydrogen) atoms. The fourth-order valence-electron chi connectivity index (χ4n) is 2.56. The summed E-state index contributed by atoms with van der Waals surface area (Å²) in [5, 5.41) is 0. The smallest absolute Gasteiger partial charge is 0.219 e. The van der Waals surface area contributed by atoms with Crippen LogP contribution in [0.2, 0.25) is 0 Å². The molecule has 1 fully saturated rings. The molecule has 0 aromatic carbocycles. The van der Waals surface area contributed by atoms with Crippen LogP contribution in [0.15, 0.2) is 0 Å². The summed E-state index contributed by atoms with van der Waals surface area (Å²) in [5.74, 6) is -0.0947. The molecule has 0 spiro atoms. The highest BCUT2D eigenvalue weighted by Gasteiger charge is 2.49. The summed E-state index contributed by atoms with van der Waals surface area (Å²) in [6, 6.07) is -0.388. The highest BCUT2D eigenvalue weighted by atomic mass is 16.7. The summed E-state index contributed by atoms with van der Waals surface area (Å²) >= 11 is 0. The van der Waals surface area contributed by atoms with E-state index in [1.54, 1.807) is 33.3 Å². The van der Waals surface area contributed by atoms with E-state index in [0.29, 0.717) is 6.61 Å². The zero-order valence-corrected chi connectivity index (χ0v) is 13.0. The summed E-state index contributed by atoms with van der Waals surface area (Å²) in [6.07, 6.45) is -1.64. The summed E-state index contributed by atoms with van der Waals surface area (Å²) < 4.78 is 27.4. The zero-order valence-electron chi connectivity index (χ0n) is 13.0. The van der Waals surface area contributed by atoms with Crippen molar-refractivity contribution < 1.29 is 28.5 Å². The normalized spacial score (nSPS) is 34.0. The first-order valence-corrected chi connectivity index (χ1v) is 6.47. The van der Waals surface area contributed by atoms with E-state index in [-0.39, 0.29) is 30.3 Å². The van der Waals surface area contributed by atoms with Crippen LogP contribution in [0.3, 0.4) is 0 Å². The predicted molar refractivity (Wildman–Crippen MR) is 71.4 cm³/mol. The molecule has 1 saturated heterocycles. The van der Waals surface area contributed by atoms with E-state index < -0.39 is 6.29 Å². The zero-order chi connectivity index (χ0) is 15.3. The summed E-state index contributed by atoms with van der Waals surface area (Å²) in [7, 11) is 7.99. The van der Waals surface area contributed by atoms with Crippen molar-refractivity contribution in [2.45, 2.75) is 37.6 Å². The molecule has 0 aliphatic carbocycles. The van der Waals surface area contributed by atoms with E-state index in [0.717, 1.165) is 0 Å². The van der Waals surface area contributed by atoms with Crippen molar-refractivity contribution in [3.63, 3.8) is 0 Å². The van der Waals surface area contributed by atoms with Crippen LogP contribution >= 0.6 is 0 Å². The lowest BCUT2D eigenvalue weighted by molar-refractivity contribution is -0.285. The lowest BCUT2D eigenvalue weighted by Gasteiger charge is -2.47. The maximum absolute atomic E-state index is 11.7. The molecule has 0 aromatic heterocycles. The van der Waals surface area contributed by atoms with E-state index in [9.17, 15) is 4.79 Å². The number of hydrogen-bond acceptors (Lipinski definition) is 6. The molecular formula is C13H25NO6. The minimum Gasteiger partial charge on any atom is -0.382 e. The van der Waals surface area contributed by atoms with Gasteiger partial charge in [-0.05, 0) is 0 Å². The number of carbonyl (C=O) groups is 1. The van der Waals surface area contributed by atoms with E-state index in [4.69, 9.17) is 23.7 Å². The Balaban J connectivity index is 3.04. The average Bonchev–Trinajstić information content (AvgIpc) is 2.45. The number of carbonyl (C=O) groups excluding carboxylic acids is 1. The van der Waals surface area contributed by atoms with E-state index in [1.807, 2.05) is 0 Å². The number of nitrogens with zero attached hydrogens (tertiary/aromatic N) is 1. The van der Waals surface area contributed by atoms with Crippen molar-refractivity contribution in [2.24, 2.45) is 0 Å². The summed E-state index contributed by atoms with van der Waals surface area (Å²) in [4.78, 5) is 13.2. The second-order valence-electron chi connectivity index (χ2n) is 4.76. The molecule has 0 radical (unpaired) electrons. The van der Waals surface area contributed by atoms with E-state index in [1.165, 1.54) is 14.0 Å². The van der Waals surface area contributed by atoms with Crippen LogP contribution in [-0.4, -0.2) is 83.5 Å². The lowest BCUT2D eigenvalue weighted by Crippen LogP contribution is -2.65. The van der Waals surface area contributed by atoms with Gasteiger partial charge >= 0.3 is 0 Å². The summed E-state index contributed by atoms with van der Waals surface area (Å²) in [5.41, 5.74) is 0. The largest absolute Gasteiger partial charge is 0.382 e. The fraction of sp³-hybridized carbons (Fsp3) is 0.923. The standard InChI is InChI=1S/C13H25NO6/c1-8(15)14(2)10-12(18-5)11(17-4)9(7-16-3)20-13(10)19-6/h9-13H,7H2,1-6H3/t9-,10-,11+,12-,13-/m1/s1. The van der Waals surface area contributed by atoms with Crippen LogP contribution in [0.25, 0.3) is 0 Å². The number of hydrogen-bond donors (Lipinski definition) is 0. The fourth-order valence-corrected chi connectivity index (χ4v) is 2.56. The molecule has 1 aliphatic heterocycles. The second-order valence-corrected chi connectivity index (χ2v) is 4.76. The molecule has 1 heterocycles. The Morgan fingerprint density at radius 3 is 2.10 bits per heavy atom. The van der Waals surface area contributed by atoms with Crippen molar-refractivity contribution >= 4 is 5.91 Å². The lowest BCUT2D eigenvalue weighted by atomic mass is 9.95. The van der Waals surface area contributed by atoms with Crippen molar-refractivity contribution in [1.82, 2.24) is 4.90 Å². The SMILES string of the molecule is COC[C@H]1O[C@@H](OC)[C@H](N(C)C(C)=O)[C@@H](OC)[C@H]1OC. The number of amides is 1. The highest BCUT2D eigenvalue weighted by molar-refractivity contribution is 5.73. The van der Waals surface area contributed by atoms with E-state index in [2.05, 4.69) is 0 Å². The first kappa shape index (κ1) is 17.3. The molecule has 0 aromatic rings. The van der Waals surface area contributed by atoms with Crippen LogP contribution in [0.4, 0.5) is 0 Å². The van der Waals surface area contributed by atoms with Gasteiger partial charge in [-0.3, -0.25) is 4.79 Å². The Bertz CT molecular complexity index is 313. The van der Waals surface area contributed by atoms with Crippen LogP contribution in [-0.2, 0) is 28.5 Å². The average molecular weight is 291 g/mol. The van der Waals surface area contributed by atoms with Crippen LogP contribution < -0.4 is 0 Å². The first-order chi connectivity index (χ1) is 9.51. The van der Waals surface area contributed by atoms with Crippen molar-refractivity contribution in [3.8, 4) is 0 Å². The van der Waals surface area contributed by atoms with Gasteiger partial charge in [0.15, 0.2) is 6.29 Å². The topological polar surface area (TPSA) is 66.5 Å². The molecule has 118 valence electrons. The molecule has 5 atom stereocenters. The second kappa shape index (κ2) is 7.90.